The molecule has 5 heteroatoms. The summed E-state index contributed by atoms with van der Waals surface area (Å²) in [7, 11) is 0. The summed E-state index contributed by atoms with van der Waals surface area (Å²) >= 11 is 1.37. The summed E-state index contributed by atoms with van der Waals surface area (Å²) in [6, 6.07) is 13.3. The Balaban J connectivity index is 1.89. The van der Waals surface area contributed by atoms with E-state index >= 15 is 0 Å². The fourth-order valence-corrected chi connectivity index (χ4v) is 2.81. The normalized spacial score (nSPS) is 11.8. The molecule has 0 aliphatic carbocycles. The Morgan fingerprint density at radius 2 is 1.78 bits per heavy atom. The molecule has 1 amide bonds. The number of hydrogen-bond acceptors (Lipinski definition) is 3. The topological polar surface area (TPSA) is 46.2 Å². The Bertz CT molecular complexity index is 700. The van der Waals surface area contributed by atoms with Crippen LogP contribution in [0.4, 0.5) is 10.1 Å². The highest BCUT2D eigenvalue weighted by Gasteiger charge is 2.14. The van der Waals surface area contributed by atoms with Crippen molar-refractivity contribution >= 4 is 29.1 Å². The van der Waals surface area contributed by atoms with Crippen LogP contribution in [0.3, 0.4) is 0 Å². The second-order valence-electron chi connectivity index (χ2n) is 5.17. The van der Waals surface area contributed by atoms with Crippen molar-refractivity contribution in [2.24, 2.45) is 0 Å². The lowest BCUT2D eigenvalue weighted by Crippen LogP contribution is -2.22. The van der Waals surface area contributed by atoms with Gasteiger partial charge in [0.15, 0.2) is 5.78 Å². The number of Topliss-reactive ketones (excluding diaryl/α,β-unsaturated/α-hetero) is 1. The summed E-state index contributed by atoms with van der Waals surface area (Å²) in [5.74, 6) is 0.0101. The molecule has 120 valence electrons. The predicted molar refractivity (Wildman–Crippen MR) is 92.2 cm³/mol. The van der Waals surface area contributed by atoms with E-state index in [1.54, 1.807) is 49.4 Å². The van der Waals surface area contributed by atoms with Gasteiger partial charge in [-0.05, 0) is 49.7 Å². The van der Waals surface area contributed by atoms with Gasteiger partial charge in [0.25, 0.3) is 0 Å². The van der Waals surface area contributed by atoms with E-state index in [4.69, 9.17) is 0 Å². The minimum absolute atomic E-state index is 0.0170. The summed E-state index contributed by atoms with van der Waals surface area (Å²) in [6.45, 7) is 3.28. The number of halogens is 1. The number of rotatable bonds is 6. The minimum atomic E-state index is -0.318. The second kappa shape index (κ2) is 7.92. The molecule has 0 aliphatic heterocycles. The first-order chi connectivity index (χ1) is 11.0. The number of benzene rings is 2. The Morgan fingerprint density at radius 3 is 2.39 bits per heavy atom. The van der Waals surface area contributed by atoms with E-state index in [0.717, 1.165) is 0 Å². The molecule has 0 spiro atoms. The zero-order chi connectivity index (χ0) is 16.8. The monoisotopic (exact) mass is 331 g/mol. The zero-order valence-electron chi connectivity index (χ0n) is 13.0. The summed E-state index contributed by atoms with van der Waals surface area (Å²) in [5, 5.41) is 2.48. The van der Waals surface area contributed by atoms with Crippen LogP contribution in [0.15, 0.2) is 48.5 Å². The number of anilines is 1. The fraction of sp³-hybridized carbons (Fsp3) is 0.222. The van der Waals surface area contributed by atoms with Crippen LogP contribution in [0, 0.1) is 5.82 Å². The Morgan fingerprint density at radius 1 is 1.13 bits per heavy atom. The molecule has 23 heavy (non-hydrogen) atoms. The average molecular weight is 331 g/mol. The SMILES string of the molecule is CC(=O)c1ccc(NC(=O)[C@@H](C)SCc2ccccc2F)cc1. The molecular formula is C18H18FNO2S. The molecule has 2 aromatic rings. The number of thioether (sulfide) groups is 1. The molecule has 0 aliphatic rings. The molecule has 1 N–H and O–H groups in total. The minimum Gasteiger partial charge on any atom is -0.325 e. The lowest BCUT2D eigenvalue weighted by atomic mass is 10.1. The number of carbonyl (C=O) groups is 2. The molecule has 0 saturated carbocycles. The van der Waals surface area contributed by atoms with Gasteiger partial charge < -0.3 is 5.32 Å². The number of carbonyl (C=O) groups excluding carboxylic acids is 2. The molecule has 0 heterocycles. The van der Waals surface area contributed by atoms with Crippen LogP contribution in [0.25, 0.3) is 0 Å². The van der Waals surface area contributed by atoms with Crippen LogP contribution in [0.2, 0.25) is 0 Å². The third-order valence-electron chi connectivity index (χ3n) is 3.37. The third-order valence-corrected chi connectivity index (χ3v) is 4.57. The summed E-state index contributed by atoms with van der Waals surface area (Å²) in [6.07, 6.45) is 0. The standard InChI is InChI=1S/C18H18FNO2S/c1-12(21)14-7-9-16(10-8-14)20-18(22)13(2)23-11-15-5-3-4-6-17(15)19/h3-10,13H,11H2,1-2H3,(H,20,22)/t13-/m1/s1. The first kappa shape index (κ1) is 17.2. The molecule has 0 aromatic heterocycles. The molecule has 0 unspecified atom stereocenters. The van der Waals surface area contributed by atoms with E-state index < -0.39 is 0 Å². The summed E-state index contributed by atoms with van der Waals surface area (Å²) in [5.41, 5.74) is 1.83. The highest BCUT2D eigenvalue weighted by molar-refractivity contribution is 7.99. The largest absolute Gasteiger partial charge is 0.325 e. The zero-order valence-corrected chi connectivity index (χ0v) is 13.8. The van der Waals surface area contributed by atoms with Crippen LogP contribution >= 0.6 is 11.8 Å². The summed E-state index contributed by atoms with van der Waals surface area (Å²) < 4.78 is 13.5. The Kier molecular flexibility index (Phi) is 5.93. The van der Waals surface area contributed by atoms with Gasteiger partial charge in [0.05, 0.1) is 5.25 Å². The second-order valence-corrected chi connectivity index (χ2v) is 6.50. The van der Waals surface area contributed by atoms with Crippen LogP contribution in [-0.4, -0.2) is 16.9 Å². The van der Waals surface area contributed by atoms with E-state index in [1.807, 2.05) is 0 Å². The molecule has 2 rings (SSSR count). The molecule has 2 aromatic carbocycles. The molecule has 3 nitrogen and oxygen atoms in total. The lowest BCUT2D eigenvalue weighted by Gasteiger charge is -2.12. The molecule has 0 saturated heterocycles. The van der Waals surface area contributed by atoms with Gasteiger partial charge in [0, 0.05) is 17.0 Å². The van der Waals surface area contributed by atoms with E-state index in [-0.39, 0.29) is 22.8 Å². The van der Waals surface area contributed by atoms with E-state index in [2.05, 4.69) is 5.32 Å². The molecule has 0 radical (unpaired) electrons. The smallest absolute Gasteiger partial charge is 0.237 e. The van der Waals surface area contributed by atoms with Crippen LogP contribution < -0.4 is 5.32 Å². The van der Waals surface area contributed by atoms with Gasteiger partial charge in [-0.1, -0.05) is 18.2 Å². The van der Waals surface area contributed by atoms with Crippen molar-refractivity contribution in [3.63, 3.8) is 0 Å². The van der Waals surface area contributed by atoms with Gasteiger partial charge in [-0.2, -0.15) is 0 Å². The Labute approximate surface area is 139 Å². The quantitative estimate of drug-likeness (QED) is 0.803. The average Bonchev–Trinajstić information content (AvgIpc) is 2.54. The molecule has 0 fully saturated rings. The van der Waals surface area contributed by atoms with E-state index in [1.165, 1.54) is 24.8 Å². The molecule has 1 atom stereocenters. The first-order valence-electron chi connectivity index (χ1n) is 7.24. The van der Waals surface area contributed by atoms with Crippen molar-refractivity contribution in [1.29, 1.82) is 0 Å². The first-order valence-corrected chi connectivity index (χ1v) is 8.29. The van der Waals surface area contributed by atoms with Crippen molar-refractivity contribution in [1.82, 2.24) is 0 Å². The van der Waals surface area contributed by atoms with E-state index in [0.29, 0.717) is 22.6 Å². The van der Waals surface area contributed by atoms with Crippen molar-refractivity contribution in [2.75, 3.05) is 5.32 Å². The maximum absolute atomic E-state index is 13.5. The van der Waals surface area contributed by atoms with Crippen molar-refractivity contribution in [2.45, 2.75) is 24.9 Å². The summed E-state index contributed by atoms with van der Waals surface area (Å²) in [4.78, 5) is 23.4. The van der Waals surface area contributed by atoms with Gasteiger partial charge in [0.2, 0.25) is 5.91 Å². The molecular weight excluding hydrogens is 313 g/mol. The van der Waals surface area contributed by atoms with Crippen molar-refractivity contribution in [3.8, 4) is 0 Å². The maximum atomic E-state index is 13.5. The van der Waals surface area contributed by atoms with Crippen LogP contribution in [-0.2, 0) is 10.5 Å². The van der Waals surface area contributed by atoms with E-state index in [9.17, 15) is 14.0 Å². The third kappa shape index (κ3) is 4.93. The number of hydrogen-bond donors (Lipinski definition) is 1. The van der Waals surface area contributed by atoms with Gasteiger partial charge in [0.1, 0.15) is 5.82 Å². The number of amides is 1. The van der Waals surface area contributed by atoms with Crippen molar-refractivity contribution in [3.05, 3.63) is 65.5 Å². The highest BCUT2D eigenvalue weighted by atomic mass is 32.2. The van der Waals surface area contributed by atoms with Gasteiger partial charge >= 0.3 is 0 Å². The number of ketones is 1. The Hall–Kier alpha value is -2.14. The van der Waals surface area contributed by atoms with Gasteiger partial charge in [-0.25, -0.2) is 4.39 Å². The molecule has 0 bridgehead atoms. The maximum Gasteiger partial charge on any atom is 0.237 e. The van der Waals surface area contributed by atoms with Crippen molar-refractivity contribution < 1.29 is 14.0 Å². The highest BCUT2D eigenvalue weighted by Crippen LogP contribution is 2.21. The van der Waals surface area contributed by atoms with Gasteiger partial charge in [-0.3, -0.25) is 9.59 Å². The number of nitrogens with one attached hydrogen (secondary N) is 1. The fourth-order valence-electron chi connectivity index (χ4n) is 1.94. The lowest BCUT2D eigenvalue weighted by molar-refractivity contribution is -0.115. The van der Waals surface area contributed by atoms with Crippen LogP contribution in [0.5, 0.6) is 0 Å². The predicted octanol–water partition coefficient (Wildman–Crippen LogP) is 4.29. The van der Waals surface area contributed by atoms with Crippen LogP contribution in [0.1, 0.15) is 29.8 Å². The van der Waals surface area contributed by atoms with Gasteiger partial charge in [-0.15, -0.1) is 11.8 Å².